The summed E-state index contributed by atoms with van der Waals surface area (Å²) in [5.74, 6) is 2.23. The summed E-state index contributed by atoms with van der Waals surface area (Å²) in [7, 11) is 0. The van der Waals surface area contributed by atoms with Crippen LogP contribution in [0, 0.1) is 35.0 Å². The number of hydrogen-bond acceptors (Lipinski definition) is 2. The van der Waals surface area contributed by atoms with Gasteiger partial charge < -0.3 is 10.2 Å². The van der Waals surface area contributed by atoms with E-state index in [9.17, 15) is 10.2 Å². The Balaban J connectivity index is 2.03. The normalized spacial score (nSPS) is 55.2. The topological polar surface area (TPSA) is 40.5 Å². The summed E-state index contributed by atoms with van der Waals surface area (Å²) >= 11 is 0. The molecule has 3 aliphatic rings. The van der Waals surface area contributed by atoms with Crippen molar-refractivity contribution in [2.24, 2.45) is 35.0 Å². The third-order valence-electron chi connectivity index (χ3n) is 7.75. The second-order valence-electron chi connectivity index (χ2n) is 9.22. The second-order valence-corrected chi connectivity index (χ2v) is 9.22. The molecule has 3 fully saturated rings. The minimum absolute atomic E-state index is 0.172. The van der Waals surface area contributed by atoms with Crippen LogP contribution in [0.4, 0.5) is 0 Å². The smallest absolute Gasteiger partial charge is 0.0651 e. The van der Waals surface area contributed by atoms with E-state index in [1.54, 1.807) is 0 Å². The summed E-state index contributed by atoms with van der Waals surface area (Å²) in [5, 5.41) is 21.5. The van der Waals surface area contributed by atoms with Crippen molar-refractivity contribution < 1.29 is 10.2 Å². The number of allylic oxidation sites excluding steroid dienone is 1. The van der Waals surface area contributed by atoms with E-state index < -0.39 is 5.60 Å². The van der Waals surface area contributed by atoms with Gasteiger partial charge in [0.15, 0.2) is 0 Å². The highest BCUT2D eigenvalue weighted by Gasteiger charge is 2.58. The molecule has 0 amide bonds. The zero-order chi connectivity index (χ0) is 16.3. The van der Waals surface area contributed by atoms with Gasteiger partial charge >= 0.3 is 0 Å². The second kappa shape index (κ2) is 5.34. The summed E-state index contributed by atoms with van der Waals surface area (Å²) in [6.07, 6.45) is 6.20. The fourth-order valence-corrected chi connectivity index (χ4v) is 6.47. The van der Waals surface area contributed by atoms with Crippen LogP contribution in [0.2, 0.25) is 0 Å². The van der Waals surface area contributed by atoms with Gasteiger partial charge in [0, 0.05) is 0 Å². The van der Waals surface area contributed by atoms with Crippen LogP contribution in [-0.2, 0) is 0 Å². The van der Waals surface area contributed by atoms with Gasteiger partial charge in [0.25, 0.3) is 0 Å². The van der Waals surface area contributed by atoms with Crippen LogP contribution >= 0.6 is 0 Å². The van der Waals surface area contributed by atoms with E-state index in [0.29, 0.717) is 35.0 Å². The maximum Gasteiger partial charge on any atom is 0.0651 e. The van der Waals surface area contributed by atoms with Crippen molar-refractivity contribution in [1.82, 2.24) is 0 Å². The molecule has 0 saturated heterocycles. The molecular formula is C20H34O2. The van der Waals surface area contributed by atoms with Gasteiger partial charge in [-0.2, -0.15) is 0 Å². The molecule has 0 spiro atoms. The van der Waals surface area contributed by atoms with E-state index in [2.05, 4.69) is 27.4 Å². The summed E-state index contributed by atoms with van der Waals surface area (Å²) in [4.78, 5) is 0. The molecule has 3 saturated carbocycles. The molecule has 3 aliphatic carbocycles. The molecule has 0 aliphatic heterocycles. The molecule has 0 heterocycles. The van der Waals surface area contributed by atoms with Gasteiger partial charge in [0.1, 0.15) is 0 Å². The molecule has 0 aromatic heterocycles. The van der Waals surface area contributed by atoms with E-state index in [1.807, 2.05) is 6.92 Å². The molecule has 2 heteroatoms. The Morgan fingerprint density at radius 3 is 2.36 bits per heavy atom. The van der Waals surface area contributed by atoms with Gasteiger partial charge in [-0.1, -0.05) is 26.0 Å². The first kappa shape index (κ1) is 16.5. The summed E-state index contributed by atoms with van der Waals surface area (Å²) in [5.41, 5.74) is 1.07. The minimum atomic E-state index is -0.542. The lowest BCUT2D eigenvalue weighted by molar-refractivity contribution is -0.175. The predicted octanol–water partition coefficient (Wildman–Crippen LogP) is 4.16. The van der Waals surface area contributed by atoms with Crippen LogP contribution in [0.25, 0.3) is 0 Å². The molecule has 0 aromatic carbocycles. The minimum Gasteiger partial charge on any atom is -0.393 e. The van der Waals surface area contributed by atoms with E-state index in [-0.39, 0.29) is 6.10 Å². The van der Waals surface area contributed by atoms with Crippen molar-refractivity contribution >= 4 is 0 Å². The lowest BCUT2D eigenvalue weighted by atomic mass is 9.44. The average molecular weight is 306 g/mol. The number of fused-ring (bicyclic) bond motifs is 3. The maximum atomic E-state index is 11.0. The fourth-order valence-electron chi connectivity index (χ4n) is 6.47. The zero-order valence-electron chi connectivity index (χ0n) is 14.8. The highest BCUT2D eigenvalue weighted by molar-refractivity contribution is 5.13. The number of aliphatic hydroxyl groups is 2. The zero-order valence-corrected chi connectivity index (χ0v) is 14.8. The average Bonchev–Trinajstić information content (AvgIpc) is 2.42. The number of rotatable bonds is 1. The Kier molecular flexibility index (Phi) is 4.01. The highest BCUT2D eigenvalue weighted by Crippen LogP contribution is 2.63. The molecule has 2 N–H and O–H groups in total. The monoisotopic (exact) mass is 306 g/mol. The van der Waals surface area contributed by atoms with Gasteiger partial charge in [-0.05, 0) is 87.4 Å². The molecule has 8 atom stereocenters. The Morgan fingerprint density at radius 2 is 1.73 bits per heavy atom. The molecule has 0 aromatic rings. The third kappa shape index (κ3) is 2.38. The lowest BCUT2D eigenvalue weighted by Crippen LogP contribution is -2.59. The predicted molar refractivity (Wildman–Crippen MR) is 90.4 cm³/mol. The Bertz CT molecular complexity index is 455. The standard InChI is InChI=1S/C20H34O2/c1-12(2)14-6-11-20(5,22)15-7-9-19(4)10-8-16(21)13(3)18(19)17(14)15/h13-18,21-22H,1,6-11H2,2-5H3/t13-,14-,15+,16-,17-,18+,19-,20+/m0/s1. The van der Waals surface area contributed by atoms with E-state index in [1.165, 1.54) is 12.0 Å². The molecule has 126 valence electrons. The van der Waals surface area contributed by atoms with Crippen molar-refractivity contribution in [2.45, 2.75) is 77.9 Å². The quantitative estimate of drug-likeness (QED) is 0.714. The molecule has 22 heavy (non-hydrogen) atoms. The third-order valence-corrected chi connectivity index (χ3v) is 7.75. The van der Waals surface area contributed by atoms with Gasteiger partial charge in [0.2, 0.25) is 0 Å². The molecular weight excluding hydrogens is 272 g/mol. The Hall–Kier alpha value is -0.340. The number of hydrogen-bond donors (Lipinski definition) is 2. The van der Waals surface area contributed by atoms with E-state index in [0.717, 1.165) is 32.1 Å². The van der Waals surface area contributed by atoms with Crippen LogP contribution in [0.3, 0.4) is 0 Å². The molecule has 0 bridgehead atoms. The highest BCUT2D eigenvalue weighted by atomic mass is 16.3. The van der Waals surface area contributed by atoms with Gasteiger partial charge in [0.05, 0.1) is 11.7 Å². The van der Waals surface area contributed by atoms with Crippen LogP contribution in [-0.4, -0.2) is 21.9 Å². The first-order valence-corrected chi connectivity index (χ1v) is 9.23. The molecule has 0 radical (unpaired) electrons. The van der Waals surface area contributed by atoms with Crippen LogP contribution < -0.4 is 0 Å². The molecule has 0 unspecified atom stereocenters. The van der Waals surface area contributed by atoms with Gasteiger partial charge in [-0.25, -0.2) is 0 Å². The van der Waals surface area contributed by atoms with Crippen molar-refractivity contribution in [3.63, 3.8) is 0 Å². The first-order valence-electron chi connectivity index (χ1n) is 9.23. The van der Waals surface area contributed by atoms with Crippen molar-refractivity contribution in [1.29, 1.82) is 0 Å². The van der Waals surface area contributed by atoms with Crippen LogP contribution in [0.1, 0.15) is 66.2 Å². The lowest BCUT2D eigenvalue weighted by Gasteiger charge is -2.62. The Labute approximate surface area is 136 Å². The van der Waals surface area contributed by atoms with Crippen LogP contribution in [0.5, 0.6) is 0 Å². The summed E-state index contributed by atoms with van der Waals surface area (Å²) in [6, 6.07) is 0. The molecule has 2 nitrogen and oxygen atoms in total. The molecule has 3 rings (SSSR count). The largest absolute Gasteiger partial charge is 0.393 e. The Morgan fingerprint density at radius 1 is 1.09 bits per heavy atom. The number of aliphatic hydroxyl groups excluding tert-OH is 1. The fraction of sp³-hybridized carbons (Fsp3) is 0.900. The van der Waals surface area contributed by atoms with Gasteiger partial charge in [-0.15, -0.1) is 0 Å². The first-order chi connectivity index (χ1) is 10.2. The van der Waals surface area contributed by atoms with Crippen LogP contribution in [0.15, 0.2) is 12.2 Å². The van der Waals surface area contributed by atoms with Gasteiger partial charge in [-0.3, -0.25) is 0 Å². The van der Waals surface area contributed by atoms with Crippen molar-refractivity contribution in [3.8, 4) is 0 Å². The van der Waals surface area contributed by atoms with Crippen molar-refractivity contribution in [3.05, 3.63) is 12.2 Å². The van der Waals surface area contributed by atoms with Crippen molar-refractivity contribution in [2.75, 3.05) is 0 Å². The summed E-state index contributed by atoms with van der Waals surface area (Å²) < 4.78 is 0. The maximum absolute atomic E-state index is 11.0. The van der Waals surface area contributed by atoms with E-state index >= 15 is 0 Å². The summed E-state index contributed by atoms with van der Waals surface area (Å²) in [6.45, 7) is 13.2. The van der Waals surface area contributed by atoms with E-state index in [4.69, 9.17) is 0 Å². The SMILES string of the molecule is C=C(C)[C@@H]1CC[C@@](C)(O)[C@@H]2CC[C@@]3(C)CC[C@H](O)[C@H](C)[C@@H]3[C@H]21.